The van der Waals surface area contributed by atoms with E-state index in [2.05, 4.69) is 0 Å². The van der Waals surface area contributed by atoms with E-state index in [1.54, 1.807) is 48.5 Å². The molecule has 1 aliphatic rings. The second-order valence-electron chi connectivity index (χ2n) is 5.91. The zero-order valence-corrected chi connectivity index (χ0v) is 14.5. The van der Waals surface area contributed by atoms with Gasteiger partial charge in [0.25, 0.3) is 11.7 Å². The molecular formula is C20H18ClNO3. The third-order valence-corrected chi connectivity index (χ3v) is 4.49. The van der Waals surface area contributed by atoms with E-state index in [0.29, 0.717) is 23.6 Å². The number of likely N-dealkylation sites (tertiary alicyclic amines) is 1. The quantitative estimate of drug-likeness (QED) is 0.508. The number of aliphatic hydroxyl groups is 1. The Labute approximate surface area is 151 Å². The number of carbonyl (C=O) groups excluding carboxylic acids is 2. The van der Waals surface area contributed by atoms with Crippen LogP contribution >= 0.6 is 11.6 Å². The Bertz CT molecular complexity index is 828. The van der Waals surface area contributed by atoms with Gasteiger partial charge >= 0.3 is 0 Å². The van der Waals surface area contributed by atoms with Crippen molar-refractivity contribution < 1.29 is 14.7 Å². The molecule has 1 unspecified atom stereocenters. The Morgan fingerprint density at radius 1 is 1.08 bits per heavy atom. The van der Waals surface area contributed by atoms with Gasteiger partial charge in [-0.2, -0.15) is 0 Å². The monoisotopic (exact) mass is 355 g/mol. The fraction of sp³-hybridized carbons (Fsp3) is 0.200. The lowest BCUT2D eigenvalue weighted by atomic mass is 9.95. The fourth-order valence-corrected chi connectivity index (χ4v) is 3.22. The number of aliphatic hydroxyl groups excluding tert-OH is 1. The van der Waals surface area contributed by atoms with Crippen LogP contribution in [0.5, 0.6) is 0 Å². The Morgan fingerprint density at radius 3 is 2.32 bits per heavy atom. The lowest BCUT2D eigenvalue weighted by molar-refractivity contribution is -0.139. The molecule has 0 aromatic heterocycles. The van der Waals surface area contributed by atoms with E-state index in [1.807, 2.05) is 13.0 Å². The molecule has 2 aromatic carbocycles. The first-order valence-electron chi connectivity index (χ1n) is 8.14. The van der Waals surface area contributed by atoms with Gasteiger partial charge in [-0.05, 0) is 24.1 Å². The number of nitrogens with zero attached hydrogens (tertiary/aromatic N) is 1. The summed E-state index contributed by atoms with van der Waals surface area (Å²) in [7, 11) is 0. The summed E-state index contributed by atoms with van der Waals surface area (Å²) in [6.07, 6.45) is 0.711. The van der Waals surface area contributed by atoms with E-state index >= 15 is 0 Å². The summed E-state index contributed by atoms with van der Waals surface area (Å²) >= 11 is 5.96. The number of rotatable bonds is 4. The van der Waals surface area contributed by atoms with Gasteiger partial charge in [0, 0.05) is 17.1 Å². The van der Waals surface area contributed by atoms with Gasteiger partial charge in [0.1, 0.15) is 5.76 Å². The molecule has 128 valence electrons. The smallest absolute Gasteiger partial charge is 0.295 e. The molecule has 1 atom stereocenters. The maximum Gasteiger partial charge on any atom is 0.295 e. The van der Waals surface area contributed by atoms with E-state index in [9.17, 15) is 14.7 Å². The molecule has 25 heavy (non-hydrogen) atoms. The lowest BCUT2D eigenvalue weighted by Crippen LogP contribution is -2.30. The number of Topliss-reactive ketones (excluding diaryl/α,β-unsaturated/α-hetero) is 1. The van der Waals surface area contributed by atoms with E-state index in [-0.39, 0.29) is 11.3 Å². The number of carbonyl (C=O) groups is 2. The molecule has 1 aliphatic heterocycles. The normalized spacial score (nSPS) is 19.4. The highest BCUT2D eigenvalue weighted by molar-refractivity contribution is 6.46. The molecule has 1 amide bonds. The maximum absolute atomic E-state index is 12.6. The molecule has 1 saturated heterocycles. The number of amides is 1. The molecule has 4 nitrogen and oxygen atoms in total. The first-order chi connectivity index (χ1) is 12.0. The number of hydrogen-bond donors (Lipinski definition) is 1. The summed E-state index contributed by atoms with van der Waals surface area (Å²) in [5.74, 6) is -1.40. The van der Waals surface area contributed by atoms with Crippen molar-refractivity contribution in [1.82, 2.24) is 4.90 Å². The summed E-state index contributed by atoms with van der Waals surface area (Å²) in [6, 6.07) is 15.2. The van der Waals surface area contributed by atoms with E-state index in [0.717, 1.165) is 5.56 Å². The molecule has 3 rings (SSSR count). The predicted molar refractivity (Wildman–Crippen MR) is 97.2 cm³/mol. The molecule has 1 N–H and O–H groups in total. The molecule has 0 saturated carbocycles. The molecule has 0 bridgehead atoms. The summed E-state index contributed by atoms with van der Waals surface area (Å²) in [4.78, 5) is 26.6. The summed E-state index contributed by atoms with van der Waals surface area (Å²) < 4.78 is 0. The van der Waals surface area contributed by atoms with E-state index < -0.39 is 17.7 Å². The first-order valence-corrected chi connectivity index (χ1v) is 8.51. The average molecular weight is 356 g/mol. The van der Waals surface area contributed by atoms with Crippen LogP contribution in [0.15, 0.2) is 60.2 Å². The molecule has 0 aliphatic carbocycles. The van der Waals surface area contributed by atoms with Crippen LogP contribution in [0.4, 0.5) is 0 Å². The van der Waals surface area contributed by atoms with Gasteiger partial charge < -0.3 is 10.0 Å². The molecule has 1 fully saturated rings. The lowest BCUT2D eigenvalue weighted by Gasteiger charge is -2.24. The number of halogens is 1. The van der Waals surface area contributed by atoms with E-state index in [4.69, 9.17) is 11.6 Å². The van der Waals surface area contributed by atoms with Crippen molar-refractivity contribution in [2.45, 2.75) is 19.4 Å². The van der Waals surface area contributed by atoms with Gasteiger partial charge in [0.05, 0.1) is 11.6 Å². The minimum Gasteiger partial charge on any atom is -0.507 e. The Hall–Kier alpha value is -2.59. The van der Waals surface area contributed by atoms with Crippen molar-refractivity contribution in [2.75, 3.05) is 6.54 Å². The minimum atomic E-state index is -0.658. The summed E-state index contributed by atoms with van der Waals surface area (Å²) in [6.45, 7) is 2.37. The van der Waals surface area contributed by atoms with Crippen LogP contribution in [-0.4, -0.2) is 28.2 Å². The minimum absolute atomic E-state index is 0.118. The van der Waals surface area contributed by atoms with Crippen LogP contribution in [0.3, 0.4) is 0 Å². The van der Waals surface area contributed by atoms with Gasteiger partial charge in [-0.25, -0.2) is 0 Å². The molecule has 0 radical (unpaired) electrons. The van der Waals surface area contributed by atoms with Crippen molar-refractivity contribution in [3.05, 3.63) is 76.3 Å². The second kappa shape index (κ2) is 7.11. The fourth-order valence-electron chi connectivity index (χ4n) is 3.09. The summed E-state index contributed by atoms with van der Waals surface area (Å²) in [5.41, 5.74) is 1.37. The van der Waals surface area contributed by atoms with Gasteiger partial charge in [0.15, 0.2) is 0 Å². The Balaban J connectivity index is 2.18. The highest BCUT2D eigenvalue weighted by atomic mass is 35.5. The van der Waals surface area contributed by atoms with E-state index in [1.165, 1.54) is 4.90 Å². The second-order valence-corrected chi connectivity index (χ2v) is 6.35. The number of ketones is 1. The van der Waals surface area contributed by atoms with Crippen LogP contribution < -0.4 is 0 Å². The average Bonchev–Trinajstić information content (AvgIpc) is 2.88. The first kappa shape index (κ1) is 17.2. The van der Waals surface area contributed by atoms with Gasteiger partial charge in [0.2, 0.25) is 0 Å². The molecule has 0 spiro atoms. The van der Waals surface area contributed by atoms with Crippen LogP contribution in [0, 0.1) is 0 Å². The highest BCUT2D eigenvalue weighted by Gasteiger charge is 2.45. The predicted octanol–water partition coefficient (Wildman–Crippen LogP) is 4.17. The third-order valence-electron chi connectivity index (χ3n) is 4.24. The molecule has 2 aromatic rings. The number of hydrogen-bond acceptors (Lipinski definition) is 3. The van der Waals surface area contributed by atoms with Crippen molar-refractivity contribution in [3.63, 3.8) is 0 Å². The standard InChI is InChI=1S/C20H18ClNO3/c1-2-12-22-17(13-8-10-15(21)11-9-13)16(19(24)20(22)25)18(23)14-6-4-3-5-7-14/h3-11,17,23H,2,12H2,1H3/b18-16-. The van der Waals surface area contributed by atoms with Crippen LogP contribution in [0.1, 0.15) is 30.5 Å². The van der Waals surface area contributed by atoms with Crippen molar-refractivity contribution in [2.24, 2.45) is 0 Å². The van der Waals surface area contributed by atoms with Crippen molar-refractivity contribution >= 4 is 29.1 Å². The molecule has 5 heteroatoms. The number of benzene rings is 2. The van der Waals surface area contributed by atoms with Crippen LogP contribution in [0.2, 0.25) is 5.02 Å². The third kappa shape index (κ3) is 3.17. The molecular weight excluding hydrogens is 338 g/mol. The van der Waals surface area contributed by atoms with Gasteiger partial charge in [-0.15, -0.1) is 0 Å². The maximum atomic E-state index is 12.6. The largest absolute Gasteiger partial charge is 0.507 e. The Kier molecular flexibility index (Phi) is 4.91. The van der Waals surface area contributed by atoms with Crippen molar-refractivity contribution in [3.8, 4) is 0 Å². The van der Waals surface area contributed by atoms with Crippen LogP contribution in [0.25, 0.3) is 5.76 Å². The van der Waals surface area contributed by atoms with Crippen LogP contribution in [-0.2, 0) is 9.59 Å². The van der Waals surface area contributed by atoms with Crippen molar-refractivity contribution in [1.29, 1.82) is 0 Å². The highest BCUT2D eigenvalue weighted by Crippen LogP contribution is 2.39. The van der Waals surface area contributed by atoms with Gasteiger partial charge in [-0.1, -0.05) is 61.0 Å². The zero-order chi connectivity index (χ0) is 18.0. The Morgan fingerprint density at radius 2 is 1.72 bits per heavy atom. The molecule has 1 heterocycles. The summed E-state index contributed by atoms with van der Waals surface area (Å²) in [5, 5.41) is 11.3. The van der Waals surface area contributed by atoms with Gasteiger partial charge in [-0.3, -0.25) is 9.59 Å². The SMILES string of the molecule is CCCN1C(=O)C(=O)/C(=C(\O)c2ccccc2)C1c1ccc(Cl)cc1. The topological polar surface area (TPSA) is 57.6 Å². The zero-order valence-electron chi connectivity index (χ0n) is 13.8.